The lowest BCUT2D eigenvalue weighted by atomic mass is 10.1. The summed E-state index contributed by atoms with van der Waals surface area (Å²) in [6.07, 6.45) is 0. The van der Waals surface area contributed by atoms with Crippen LogP contribution in [-0.2, 0) is 4.79 Å². The Hall–Kier alpha value is -2.53. The average Bonchev–Trinajstić information content (AvgIpc) is 2.47. The molecule has 0 spiro atoms. The van der Waals surface area contributed by atoms with Crippen LogP contribution in [0.1, 0.15) is 22.8 Å². The predicted octanol–water partition coefficient (Wildman–Crippen LogP) is 3.87. The maximum absolute atomic E-state index is 12.3. The molecule has 23 heavy (non-hydrogen) atoms. The van der Waals surface area contributed by atoms with Crippen LogP contribution in [0.3, 0.4) is 0 Å². The van der Waals surface area contributed by atoms with Gasteiger partial charge in [-0.15, -0.1) is 0 Å². The van der Waals surface area contributed by atoms with E-state index in [-0.39, 0.29) is 11.8 Å². The normalized spacial score (nSPS) is 10.1. The number of carbonyl (C=O) groups excluding carboxylic acids is 2. The van der Waals surface area contributed by atoms with E-state index in [0.717, 1.165) is 5.56 Å². The average molecular weight is 333 g/mol. The summed E-state index contributed by atoms with van der Waals surface area (Å²) >= 11 is 6.03. The summed E-state index contributed by atoms with van der Waals surface area (Å²) in [5.74, 6) is 0.110. The van der Waals surface area contributed by atoms with Crippen LogP contribution in [-0.4, -0.2) is 18.9 Å². The van der Waals surface area contributed by atoms with Crippen molar-refractivity contribution in [2.24, 2.45) is 0 Å². The molecule has 0 aliphatic carbocycles. The minimum absolute atomic E-state index is 0.165. The van der Waals surface area contributed by atoms with Crippen molar-refractivity contribution in [1.82, 2.24) is 0 Å². The zero-order chi connectivity index (χ0) is 17.0. The van der Waals surface area contributed by atoms with Crippen LogP contribution in [0.5, 0.6) is 5.75 Å². The van der Waals surface area contributed by atoms with Crippen molar-refractivity contribution >= 4 is 34.8 Å². The van der Waals surface area contributed by atoms with Crippen LogP contribution >= 0.6 is 11.6 Å². The lowest BCUT2D eigenvalue weighted by Crippen LogP contribution is -2.13. The Morgan fingerprint density at radius 2 is 1.74 bits per heavy atom. The van der Waals surface area contributed by atoms with Gasteiger partial charge in [0.15, 0.2) is 0 Å². The van der Waals surface area contributed by atoms with E-state index >= 15 is 0 Å². The number of nitrogens with one attached hydrogen (secondary N) is 2. The number of benzene rings is 2. The van der Waals surface area contributed by atoms with Crippen molar-refractivity contribution in [3.05, 3.63) is 52.5 Å². The van der Waals surface area contributed by atoms with Gasteiger partial charge in [0.25, 0.3) is 5.91 Å². The Bertz CT molecular complexity index is 742. The summed E-state index contributed by atoms with van der Waals surface area (Å²) in [6.45, 7) is 3.27. The van der Waals surface area contributed by atoms with Crippen LogP contribution in [0.4, 0.5) is 11.4 Å². The standard InChI is InChI=1S/C17H17ClN2O3/c1-10-8-13(18)9-15(16(10)23-3)20-17(22)12-4-6-14(7-5-12)19-11(2)21/h4-9H,1-3H3,(H,19,21)(H,20,22). The zero-order valence-corrected chi connectivity index (χ0v) is 13.8. The van der Waals surface area contributed by atoms with Gasteiger partial charge in [0.2, 0.25) is 5.91 Å². The highest BCUT2D eigenvalue weighted by Gasteiger charge is 2.13. The second kappa shape index (κ2) is 7.15. The first kappa shape index (κ1) is 16.8. The maximum Gasteiger partial charge on any atom is 0.255 e. The number of methoxy groups -OCH3 is 1. The molecule has 0 atom stereocenters. The van der Waals surface area contributed by atoms with Crippen molar-refractivity contribution in [3.63, 3.8) is 0 Å². The molecule has 5 nitrogen and oxygen atoms in total. The lowest BCUT2D eigenvalue weighted by Gasteiger charge is -2.13. The maximum atomic E-state index is 12.3. The molecule has 0 bridgehead atoms. The van der Waals surface area contributed by atoms with Crippen LogP contribution < -0.4 is 15.4 Å². The lowest BCUT2D eigenvalue weighted by molar-refractivity contribution is -0.114. The summed E-state index contributed by atoms with van der Waals surface area (Å²) in [4.78, 5) is 23.3. The number of aryl methyl sites for hydroxylation is 1. The van der Waals surface area contributed by atoms with Crippen molar-refractivity contribution < 1.29 is 14.3 Å². The van der Waals surface area contributed by atoms with E-state index in [1.54, 1.807) is 36.4 Å². The van der Waals surface area contributed by atoms with Gasteiger partial charge in [-0.05, 0) is 48.9 Å². The van der Waals surface area contributed by atoms with E-state index in [9.17, 15) is 9.59 Å². The van der Waals surface area contributed by atoms with E-state index in [1.807, 2.05) is 6.92 Å². The third kappa shape index (κ3) is 4.23. The molecule has 2 aromatic carbocycles. The quantitative estimate of drug-likeness (QED) is 0.893. The molecule has 0 saturated heterocycles. The van der Waals surface area contributed by atoms with Crippen LogP contribution in [0.2, 0.25) is 5.02 Å². The second-order valence-electron chi connectivity index (χ2n) is 5.02. The third-order valence-electron chi connectivity index (χ3n) is 3.16. The number of ether oxygens (including phenoxy) is 1. The minimum atomic E-state index is -0.292. The first-order chi connectivity index (χ1) is 10.9. The SMILES string of the molecule is COc1c(C)cc(Cl)cc1NC(=O)c1ccc(NC(C)=O)cc1. The molecule has 2 amide bonds. The summed E-state index contributed by atoms with van der Waals surface area (Å²) < 4.78 is 5.31. The first-order valence-corrected chi connectivity index (χ1v) is 7.31. The van der Waals surface area contributed by atoms with Crippen molar-refractivity contribution in [3.8, 4) is 5.75 Å². The second-order valence-corrected chi connectivity index (χ2v) is 5.45. The molecule has 120 valence electrons. The molecular formula is C17H17ClN2O3. The molecule has 0 radical (unpaired) electrons. The van der Waals surface area contributed by atoms with Gasteiger partial charge < -0.3 is 15.4 Å². The van der Waals surface area contributed by atoms with Gasteiger partial charge in [0.05, 0.1) is 12.8 Å². The summed E-state index contributed by atoms with van der Waals surface area (Å²) in [6, 6.07) is 9.98. The monoisotopic (exact) mass is 332 g/mol. The van der Waals surface area contributed by atoms with E-state index in [0.29, 0.717) is 27.7 Å². The molecule has 2 aromatic rings. The number of hydrogen-bond acceptors (Lipinski definition) is 3. The molecule has 0 fully saturated rings. The molecular weight excluding hydrogens is 316 g/mol. The Balaban J connectivity index is 2.21. The summed E-state index contributed by atoms with van der Waals surface area (Å²) in [7, 11) is 1.54. The van der Waals surface area contributed by atoms with Crippen LogP contribution in [0.25, 0.3) is 0 Å². The van der Waals surface area contributed by atoms with E-state index in [2.05, 4.69) is 10.6 Å². The number of carbonyl (C=O) groups is 2. The molecule has 2 N–H and O–H groups in total. The van der Waals surface area contributed by atoms with Gasteiger partial charge in [-0.3, -0.25) is 9.59 Å². The van der Waals surface area contributed by atoms with Crippen LogP contribution in [0, 0.1) is 6.92 Å². The van der Waals surface area contributed by atoms with Gasteiger partial charge >= 0.3 is 0 Å². The fourth-order valence-corrected chi connectivity index (χ4v) is 2.47. The van der Waals surface area contributed by atoms with Gasteiger partial charge in [0, 0.05) is 23.2 Å². The highest BCUT2D eigenvalue weighted by atomic mass is 35.5. The number of hydrogen-bond donors (Lipinski definition) is 2. The Morgan fingerprint density at radius 1 is 1.09 bits per heavy atom. The molecule has 0 saturated carbocycles. The fourth-order valence-electron chi connectivity index (χ4n) is 2.20. The van der Waals surface area contributed by atoms with Gasteiger partial charge in [-0.25, -0.2) is 0 Å². The molecule has 0 aliphatic rings. The number of amides is 2. The van der Waals surface area contributed by atoms with Crippen LogP contribution in [0.15, 0.2) is 36.4 Å². The highest BCUT2D eigenvalue weighted by molar-refractivity contribution is 6.31. The highest BCUT2D eigenvalue weighted by Crippen LogP contribution is 2.32. The number of anilines is 2. The van der Waals surface area contributed by atoms with Gasteiger partial charge in [-0.2, -0.15) is 0 Å². The molecule has 0 aliphatic heterocycles. The van der Waals surface area contributed by atoms with Crippen molar-refractivity contribution in [2.45, 2.75) is 13.8 Å². The third-order valence-corrected chi connectivity index (χ3v) is 3.38. The first-order valence-electron chi connectivity index (χ1n) is 6.94. The fraction of sp³-hybridized carbons (Fsp3) is 0.176. The molecule has 6 heteroatoms. The largest absolute Gasteiger partial charge is 0.494 e. The Labute approximate surface area is 139 Å². The Morgan fingerprint density at radius 3 is 2.30 bits per heavy atom. The Kier molecular flexibility index (Phi) is 5.24. The minimum Gasteiger partial charge on any atom is -0.494 e. The zero-order valence-electron chi connectivity index (χ0n) is 13.1. The van der Waals surface area contributed by atoms with E-state index < -0.39 is 0 Å². The van der Waals surface area contributed by atoms with Crippen molar-refractivity contribution in [1.29, 1.82) is 0 Å². The number of halogens is 1. The molecule has 0 aromatic heterocycles. The summed E-state index contributed by atoms with van der Waals surface area (Å²) in [5.41, 5.74) is 2.42. The van der Waals surface area contributed by atoms with Crippen molar-refractivity contribution in [2.75, 3.05) is 17.7 Å². The van der Waals surface area contributed by atoms with E-state index in [1.165, 1.54) is 14.0 Å². The smallest absolute Gasteiger partial charge is 0.255 e. The molecule has 0 heterocycles. The summed E-state index contributed by atoms with van der Waals surface area (Å²) in [5, 5.41) is 5.94. The number of rotatable bonds is 4. The molecule has 2 rings (SSSR count). The van der Waals surface area contributed by atoms with Gasteiger partial charge in [0.1, 0.15) is 5.75 Å². The van der Waals surface area contributed by atoms with E-state index in [4.69, 9.17) is 16.3 Å². The molecule has 0 unspecified atom stereocenters. The topological polar surface area (TPSA) is 67.4 Å². The van der Waals surface area contributed by atoms with Gasteiger partial charge in [-0.1, -0.05) is 11.6 Å². The predicted molar refractivity (Wildman–Crippen MR) is 91.4 cm³/mol.